The van der Waals surface area contributed by atoms with Crippen molar-refractivity contribution >= 4 is 36.2 Å². The van der Waals surface area contributed by atoms with Gasteiger partial charge in [-0.25, -0.2) is 9.56 Å². The van der Waals surface area contributed by atoms with Crippen molar-refractivity contribution in [2.24, 2.45) is 7.05 Å². The van der Waals surface area contributed by atoms with Crippen LogP contribution in [0, 0.1) is 0 Å². The summed E-state index contributed by atoms with van der Waals surface area (Å²) in [5.74, 6) is 0.156. The van der Waals surface area contributed by atoms with Gasteiger partial charge in [0, 0.05) is 57.4 Å². The van der Waals surface area contributed by atoms with Gasteiger partial charge in [-0.2, -0.15) is 0 Å². The lowest BCUT2D eigenvalue weighted by Gasteiger charge is -2.38. The minimum absolute atomic E-state index is 0.158. The Labute approximate surface area is 203 Å². The molecule has 2 heterocycles. The number of carboxylic acids is 1. The van der Waals surface area contributed by atoms with Gasteiger partial charge in [-0.05, 0) is 46.1 Å². The summed E-state index contributed by atoms with van der Waals surface area (Å²) in [5, 5.41) is 11.9. The number of hydrogen-bond acceptors (Lipinski definition) is 3. The first-order chi connectivity index (χ1) is 16.0. The summed E-state index contributed by atoms with van der Waals surface area (Å²) in [5.41, 5.74) is 7.29. The van der Waals surface area contributed by atoms with Gasteiger partial charge in [0.2, 0.25) is 0 Å². The Kier molecular flexibility index (Phi) is 6.25. The Morgan fingerprint density at radius 3 is 2.59 bits per heavy atom. The van der Waals surface area contributed by atoms with E-state index >= 15 is 0 Å². The second kappa shape index (κ2) is 8.87. The molecule has 34 heavy (non-hydrogen) atoms. The molecule has 2 aromatic rings. The molecule has 1 aromatic carbocycles. The van der Waals surface area contributed by atoms with E-state index in [1.807, 2.05) is 13.2 Å². The molecule has 178 valence electrons. The van der Waals surface area contributed by atoms with Gasteiger partial charge in [0.25, 0.3) is 0 Å². The van der Waals surface area contributed by atoms with Gasteiger partial charge in [-0.15, -0.1) is 0 Å². The highest BCUT2D eigenvalue weighted by Gasteiger charge is 2.41. The molecule has 4 rings (SSSR count). The van der Waals surface area contributed by atoms with Crippen molar-refractivity contribution in [3.05, 3.63) is 70.5 Å². The Hall–Kier alpha value is -3.19. The molecule has 0 saturated carbocycles. The molecule has 1 aromatic heterocycles. The van der Waals surface area contributed by atoms with E-state index < -0.39 is 14.0 Å². The Balaban J connectivity index is 1.94. The minimum atomic E-state index is -1.97. The summed E-state index contributed by atoms with van der Waals surface area (Å²) in [7, 11) is 8.43. The maximum Gasteiger partial charge on any atom is 0.303 e. The van der Waals surface area contributed by atoms with Crippen molar-refractivity contribution in [1.82, 2.24) is 9.55 Å². The molecule has 0 saturated heterocycles. The molecule has 0 unspecified atom stereocenters. The highest BCUT2D eigenvalue weighted by atomic mass is 28.3. The lowest BCUT2D eigenvalue weighted by atomic mass is 9.92. The van der Waals surface area contributed by atoms with Crippen LogP contribution in [0.2, 0.25) is 13.1 Å². The Morgan fingerprint density at radius 2 is 1.94 bits per heavy atom. The summed E-state index contributed by atoms with van der Waals surface area (Å²) in [6, 6.07) is 6.85. The molecular formula is C27H35N4O2Si+. The monoisotopic (exact) mass is 475 g/mol. The van der Waals surface area contributed by atoms with Crippen LogP contribution in [0.3, 0.4) is 0 Å². The van der Waals surface area contributed by atoms with E-state index in [9.17, 15) is 4.79 Å². The second-order valence-corrected chi connectivity index (χ2v) is 14.4. The number of hydrogen-bond donors (Lipinski definition) is 1. The van der Waals surface area contributed by atoms with Crippen molar-refractivity contribution in [3.63, 3.8) is 0 Å². The quantitative estimate of drug-likeness (QED) is 0.514. The van der Waals surface area contributed by atoms with E-state index in [0.29, 0.717) is 12.8 Å². The molecule has 0 fully saturated rings. The van der Waals surface area contributed by atoms with E-state index in [0.717, 1.165) is 11.5 Å². The fourth-order valence-corrected chi connectivity index (χ4v) is 8.04. The zero-order chi connectivity index (χ0) is 24.8. The van der Waals surface area contributed by atoms with Gasteiger partial charge in [0.15, 0.2) is 5.71 Å². The predicted molar refractivity (Wildman–Crippen MR) is 142 cm³/mol. The van der Waals surface area contributed by atoms with Crippen LogP contribution in [-0.2, 0) is 18.3 Å². The lowest BCUT2D eigenvalue weighted by Crippen LogP contribution is -2.49. The van der Waals surface area contributed by atoms with Gasteiger partial charge >= 0.3 is 5.97 Å². The summed E-state index contributed by atoms with van der Waals surface area (Å²) in [4.78, 5) is 17.9. The standard InChI is InChI=1S/C27H34N4O2Si/c1-29(2)18-11-13-20-23(15-18)34(6,7)24-16-19(30(3)4)12-14-21(24)27(20)22-17-28-25(31(22)5)9-8-10-26(32)33/h11-17H,8-10H2,1-7H3/p+1. The number of rotatable bonds is 6. The average molecular weight is 476 g/mol. The predicted octanol–water partition coefficient (Wildman–Crippen LogP) is 3.37. The third-order valence-electron chi connectivity index (χ3n) is 7.06. The molecule has 0 amide bonds. The number of fused-ring (bicyclic) bond motifs is 2. The average Bonchev–Trinajstić information content (AvgIpc) is 3.13. The molecule has 7 heteroatoms. The van der Waals surface area contributed by atoms with E-state index in [-0.39, 0.29) is 6.42 Å². The smallest absolute Gasteiger partial charge is 0.303 e. The molecule has 6 nitrogen and oxygen atoms in total. The van der Waals surface area contributed by atoms with E-state index in [4.69, 9.17) is 10.1 Å². The third-order valence-corrected chi connectivity index (χ3v) is 10.6. The number of anilines is 1. The second-order valence-electron chi connectivity index (χ2n) is 10.1. The van der Waals surface area contributed by atoms with Crippen LogP contribution in [-0.4, -0.2) is 67.2 Å². The minimum Gasteiger partial charge on any atom is -0.481 e. The number of carboxylic acid groups (broad SMARTS) is 1. The van der Waals surface area contributed by atoms with Crippen LogP contribution >= 0.6 is 0 Å². The maximum atomic E-state index is 11.0. The van der Waals surface area contributed by atoms with Gasteiger partial charge in [0.05, 0.1) is 11.9 Å². The van der Waals surface area contributed by atoms with Crippen LogP contribution in [0.4, 0.5) is 5.69 Å². The molecule has 1 N–H and O–H groups in total. The summed E-state index contributed by atoms with van der Waals surface area (Å²) < 4.78 is 4.31. The molecular weight excluding hydrogens is 440 g/mol. The van der Waals surface area contributed by atoms with Crippen molar-refractivity contribution in [1.29, 1.82) is 0 Å². The van der Waals surface area contributed by atoms with Crippen LogP contribution in [0.1, 0.15) is 29.9 Å². The van der Waals surface area contributed by atoms with Gasteiger partial charge in [-0.3, -0.25) is 4.79 Å². The SMILES string of the molecule is CN(C)c1ccc2c(c1)[Si](C)(C)C1=CC(=[N+](C)C)C=CC1=C2c1cnc(CCCC(=O)O)n1C. The number of aromatic nitrogens is 2. The fraction of sp³-hybridized carbons (Fsp3) is 0.370. The lowest BCUT2D eigenvalue weighted by molar-refractivity contribution is -0.462. The maximum absolute atomic E-state index is 11.0. The molecule has 0 atom stereocenters. The van der Waals surface area contributed by atoms with Crippen LogP contribution in [0.25, 0.3) is 5.57 Å². The van der Waals surface area contributed by atoms with Gasteiger partial charge in [0.1, 0.15) is 28.0 Å². The number of carbonyl (C=O) groups is 1. The Morgan fingerprint density at radius 1 is 1.21 bits per heavy atom. The third kappa shape index (κ3) is 4.09. The summed E-state index contributed by atoms with van der Waals surface area (Å²) >= 11 is 0. The van der Waals surface area contributed by atoms with E-state index in [1.165, 1.54) is 38.5 Å². The fourth-order valence-electron chi connectivity index (χ4n) is 4.97. The van der Waals surface area contributed by atoms with Crippen LogP contribution in [0.15, 0.2) is 53.4 Å². The molecule has 0 spiro atoms. The van der Waals surface area contributed by atoms with Crippen molar-refractivity contribution in [2.75, 3.05) is 33.1 Å². The molecule has 1 aliphatic heterocycles. The molecule has 1 aliphatic carbocycles. The zero-order valence-electron chi connectivity index (χ0n) is 21.3. The first kappa shape index (κ1) is 23.9. The molecule has 0 radical (unpaired) electrons. The number of allylic oxidation sites excluding steroid dienone is 5. The van der Waals surface area contributed by atoms with Gasteiger partial charge in [-0.1, -0.05) is 19.2 Å². The number of aryl methyl sites for hydroxylation is 1. The normalized spacial score (nSPS) is 16.2. The van der Waals surface area contributed by atoms with E-state index in [1.54, 1.807) is 0 Å². The highest BCUT2D eigenvalue weighted by Crippen LogP contribution is 2.41. The number of imidazole rings is 1. The summed E-state index contributed by atoms with van der Waals surface area (Å²) in [6.07, 6.45) is 10.2. The Bertz CT molecular complexity index is 1290. The van der Waals surface area contributed by atoms with Gasteiger partial charge < -0.3 is 14.6 Å². The molecule has 2 aliphatic rings. The van der Waals surface area contributed by atoms with Crippen LogP contribution < -0.4 is 10.1 Å². The first-order valence-electron chi connectivity index (χ1n) is 11.8. The van der Waals surface area contributed by atoms with Crippen LogP contribution in [0.5, 0.6) is 0 Å². The number of benzene rings is 1. The largest absolute Gasteiger partial charge is 0.481 e. The zero-order valence-corrected chi connectivity index (χ0v) is 22.3. The topological polar surface area (TPSA) is 61.4 Å². The summed E-state index contributed by atoms with van der Waals surface area (Å²) in [6.45, 7) is 4.89. The van der Waals surface area contributed by atoms with E-state index in [2.05, 4.69) is 91.8 Å². The van der Waals surface area contributed by atoms with Crippen molar-refractivity contribution < 1.29 is 14.5 Å². The highest BCUT2D eigenvalue weighted by molar-refractivity contribution is 6.98. The van der Waals surface area contributed by atoms with Crippen molar-refractivity contribution in [3.8, 4) is 0 Å². The first-order valence-corrected chi connectivity index (χ1v) is 14.8. The van der Waals surface area contributed by atoms with Crippen molar-refractivity contribution in [2.45, 2.75) is 32.4 Å². The number of aliphatic carboxylic acids is 1. The molecule has 0 bridgehead atoms. The number of nitrogens with zero attached hydrogens (tertiary/aromatic N) is 4.